The number of alkyl halides is 3. The van der Waals surface area contributed by atoms with E-state index < -0.39 is 11.7 Å². The number of para-hydroxylation sites is 1. The molecule has 0 amide bonds. The van der Waals surface area contributed by atoms with Crippen LogP contribution in [0.3, 0.4) is 0 Å². The first-order valence-corrected chi connectivity index (χ1v) is 8.70. The highest BCUT2D eigenvalue weighted by atomic mass is 35.5. The van der Waals surface area contributed by atoms with Crippen LogP contribution in [0.5, 0.6) is 0 Å². The predicted octanol–water partition coefficient (Wildman–Crippen LogP) is 6.84. The Labute approximate surface area is 153 Å². The molecule has 1 heterocycles. The van der Waals surface area contributed by atoms with Crippen LogP contribution in [0.1, 0.15) is 35.1 Å². The predicted molar refractivity (Wildman–Crippen MR) is 94.3 cm³/mol. The highest BCUT2D eigenvalue weighted by Crippen LogP contribution is 2.53. The number of hydrogen-bond acceptors (Lipinski definition) is 1. The van der Waals surface area contributed by atoms with Gasteiger partial charge in [-0.25, -0.2) is 0 Å². The van der Waals surface area contributed by atoms with E-state index in [9.17, 15) is 13.2 Å². The Hall–Kier alpha value is -1.65. The molecule has 1 aliphatic carbocycles. The van der Waals surface area contributed by atoms with Crippen molar-refractivity contribution < 1.29 is 13.2 Å². The lowest BCUT2D eigenvalue weighted by Gasteiger charge is -2.39. The van der Waals surface area contributed by atoms with Gasteiger partial charge in [0, 0.05) is 5.92 Å². The number of hydrogen-bond donors (Lipinski definition) is 1. The largest absolute Gasteiger partial charge is 0.418 e. The van der Waals surface area contributed by atoms with Crippen LogP contribution in [0.2, 0.25) is 10.0 Å². The molecule has 1 N–H and O–H groups in total. The molecule has 130 valence electrons. The lowest BCUT2D eigenvalue weighted by Crippen LogP contribution is -2.31. The van der Waals surface area contributed by atoms with Gasteiger partial charge in [-0.15, -0.1) is 0 Å². The number of nitrogens with one attached hydrogen (secondary N) is 1. The molecule has 0 fully saturated rings. The number of halogens is 5. The second kappa shape index (κ2) is 5.96. The first kappa shape index (κ1) is 16.8. The first-order valence-electron chi connectivity index (χ1n) is 7.95. The summed E-state index contributed by atoms with van der Waals surface area (Å²) >= 11 is 12.5. The smallest absolute Gasteiger partial charge is 0.377 e. The van der Waals surface area contributed by atoms with Gasteiger partial charge < -0.3 is 5.32 Å². The summed E-state index contributed by atoms with van der Waals surface area (Å²) < 4.78 is 40.5. The summed E-state index contributed by atoms with van der Waals surface area (Å²) in [5.41, 5.74) is 0.911. The topological polar surface area (TPSA) is 12.0 Å². The van der Waals surface area contributed by atoms with E-state index in [0.29, 0.717) is 15.6 Å². The Balaban J connectivity index is 1.88. The van der Waals surface area contributed by atoms with E-state index in [1.165, 1.54) is 6.07 Å². The molecule has 0 bridgehead atoms. The van der Waals surface area contributed by atoms with Gasteiger partial charge in [0.15, 0.2) is 0 Å². The van der Waals surface area contributed by atoms with Crippen molar-refractivity contribution in [1.29, 1.82) is 0 Å². The van der Waals surface area contributed by atoms with Crippen molar-refractivity contribution in [3.63, 3.8) is 0 Å². The molecule has 6 heteroatoms. The molecule has 1 nitrogen and oxygen atoms in total. The molecule has 0 saturated heterocycles. The van der Waals surface area contributed by atoms with Gasteiger partial charge in [0.05, 0.1) is 27.3 Å². The monoisotopic (exact) mass is 383 g/mol. The molecule has 2 aromatic carbocycles. The van der Waals surface area contributed by atoms with Crippen molar-refractivity contribution in [2.45, 2.75) is 24.6 Å². The summed E-state index contributed by atoms with van der Waals surface area (Å²) in [4.78, 5) is 0. The average Bonchev–Trinajstić information content (AvgIpc) is 3.05. The fourth-order valence-corrected chi connectivity index (χ4v) is 4.35. The van der Waals surface area contributed by atoms with Gasteiger partial charge in [-0.1, -0.05) is 59.6 Å². The lowest BCUT2D eigenvalue weighted by molar-refractivity contribution is -0.137. The molecule has 2 aliphatic rings. The van der Waals surface area contributed by atoms with Gasteiger partial charge in [0.2, 0.25) is 0 Å². The van der Waals surface area contributed by atoms with Gasteiger partial charge in [0.1, 0.15) is 0 Å². The summed E-state index contributed by atoms with van der Waals surface area (Å²) in [6.45, 7) is 0. The van der Waals surface area contributed by atoms with E-state index in [-0.39, 0.29) is 23.6 Å². The fourth-order valence-electron chi connectivity index (χ4n) is 3.93. The van der Waals surface area contributed by atoms with E-state index in [2.05, 4.69) is 5.32 Å². The second-order valence-corrected chi connectivity index (χ2v) is 7.17. The molecule has 0 spiro atoms. The fraction of sp³-hybridized carbons (Fsp3) is 0.263. The molecule has 1 aliphatic heterocycles. The molecule has 0 radical (unpaired) electrons. The zero-order valence-electron chi connectivity index (χ0n) is 12.9. The highest BCUT2D eigenvalue weighted by molar-refractivity contribution is 6.42. The Bertz CT molecular complexity index is 860. The van der Waals surface area contributed by atoms with Crippen LogP contribution in [0.4, 0.5) is 18.9 Å². The molecule has 2 aromatic rings. The number of allylic oxidation sites excluding steroid dienone is 2. The van der Waals surface area contributed by atoms with Crippen LogP contribution in [0, 0.1) is 5.92 Å². The molecule has 3 atom stereocenters. The summed E-state index contributed by atoms with van der Waals surface area (Å²) in [5, 5.41) is 3.92. The maximum atomic E-state index is 13.5. The van der Waals surface area contributed by atoms with Crippen LogP contribution in [0.25, 0.3) is 0 Å². The van der Waals surface area contributed by atoms with Crippen molar-refractivity contribution >= 4 is 28.9 Å². The van der Waals surface area contributed by atoms with Gasteiger partial charge >= 0.3 is 6.18 Å². The Morgan fingerprint density at radius 2 is 1.72 bits per heavy atom. The van der Waals surface area contributed by atoms with Crippen molar-refractivity contribution in [2.24, 2.45) is 5.92 Å². The van der Waals surface area contributed by atoms with Crippen molar-refractivity contribution in [1.82, 2.24) is 0 Å². The minimum atomic E-state index is -4.42. The molecule has 4 rings (SSSR count). The second-order valence-electron chi connectivity index (χ2n) is 6.39. The third kappa shape index (κ3) is 2.72. The third-order valence-electron chi connectivity index (χ3n) is 5.02. The quantitative estimate of drug-likeness (QED) is 0.531. The van der Waals surface area contributed by atoms with Gasteiger partial charge in [-0.2, -0.15) is 13.2 Å². The van der Waals surface area contributed by atoms with Gasteiger partial charge in [0.25, 0.3) is 0 Å². The molecular weight excluding hydrogens is 370 g/mol. The third-order valence-corrected chi connectivity index (χ3v) is 5.85. The number of benzene rings is 2. The zero-order valence-corrected chi connectivity index (χ0v) is 14.5. The number of anilines is 1. The summed E-state index contributed by atoms with van der Waals surface area (Å²) in [5.74, 6) is 0.0329. The molecule has 0 saturated carbocycles. The SMILES string of the molecule is FC(F)(F)c1cccc2c1N[C@@H](c1cccc(Cl)c1Cl)[C@H]1CC=C[C@H]21. The Morgan fingerprint density at radius 3 is 2.48 bits per heavy atom. The number of fused-ring (bicyclic) bond motifs is 3. The Kier molecular flexibility index (Phi) is 4.00. The number of rotatable bonds is 1. The van der Waals surface area contributed by atoms with E-state index in [1.807, 2.05) is 18.2 Å². The van der Waals surface area contributed by atoms with E-state index in [1.54, 1.807) is 18.2 Å². The average molecular weight is 384 g/mol. The van der Waals surface area contributed by atoms with Gasteiger partial charge in [-0.05, 0) is 35.6 Å². The van der Waals surface area contributed by atoms with Crippen molar-refractivity contribution in [3.05, 3.63) is 75.3 Å². The molecule has 0 unspecified atom stereocenters. The maximum Gasteiger partial charge on any atom is 0.418 e. The zero-order chi connectivity index (χ0) is 17.8. The maximum absolute atomic E-state index is 13.5. The van der Waals surface area contributed by atoms with Crippen LogP contribution < -0.4 is 5.32 Å². The molecule has 0 aromatic heterocycles. The first-order chi connectivity index (χ1) is 11.9. The Morgan fingerprint density at radius 1 is 1.00 bits per heavy atom. The normalized spacial score (nSPS) is 24.6. The van der Waals surface area contributed by atoms with Crippen LogP contribution in [0.15, 0.2) is 48.6 Å². The van der Waals surface area contributed by atoms with E-state index >= 15 is 0 Å². The van der Waals surface area contributed by atoms with Crippen molar-refractivity contribution in [2.75, 3.05) is 5.32 Å². The van der Waals surface area contributed by atoms with Crippen molar-refractivity contribution in [3.8, 4) is 0 Å². The summed E-state index contributed by atoms with van der Waals surface area (Å²) in [7, 11) is 0. The van der Waals surface area contributed by atoms with Crippen LogP contribution >= 0.6 is 23.2 Å². The van der Waals surface area contributed by atoms with E-state index in [0.717, 1.165) is 18.1 Å². The van der Waals surface area contributed by atoms with Crippen LogP contribution in [-0.4, -0.2) is 0 Å². The summed E-state index contributed by atoms with van der Waals surface area (Å²) in [6, 6.07) is 9.29. The lowest BCUT2D eigenvalue weighted by atomic mass is 9.76. The molecular formula is C19H14Cl2F3N. The van der Waals surface area contributed by atoms with Gasteiger partial charge in [-0.3, -0.25) is 0 Å². The highest BCUT2D eigenvalue weighted by Gasteiger charge is 2.43. The van der Waals surface area contributed by atoms with Crippen LogP contribution in [-0.2, 0) is 6.18 Å². The van der Waals surface area contributed by atoms with E-state index in [4.69, 9.17) is 23.2 Å². The minimum absolute atomic E-state index is 0.0707. The standard InChI is InChI=1S/C19H14Cl2F3N/c20-15-9-3-7-13(16(15)21)17-11-5-1-4-10(11)12-6-2-8-14(18(12)25-17)19(22,23)24/h1-4,6-11,17,25H,5H2/t10-,11-,17+/m0/s1. The summed E-state index contributed by atoms with van der Waals surface area (Å²) in [6.07, 6.45) is 0.380. The minimum Gasteiger partial charge on any atom is -0.377 e. The molecule has 25 heavy (non-hydrogen) atoms.